The number of rotatable bonds is 7. The van der Waals surface area contributed by atoms with E-state index in [-0.39, 0.29) is 5.75 Å². The molecule has 0 unspecified atom stereocenters. The average molecular weight is 209 g/mol. The number of hydrogen-bond acceptors (Lipinski definition) is 3. The van der Waals surface area contributed by atoms with E-state index < -0.39 is 16.1 Å². The molecule has 0 aliphatic rings. The van der Waals surface area contributed by atoms with Crippen LogP contribution >= 0.6 is 0 Å². The Hall–Kier alpha value is -0.130. The minimum Gasteiger partial charge on any atom is -0.393 e. The normalized spacial score (nSPS) is 14.4. The van der Waals surface area contributed by atoms with Crippen LogP contribution in [-0.4, -0.2) is 31.9 Å². The van der Waals surface area contributed by atoms with Gasteiger partial charge in [0.2, 0.25) is 10.0 Å². The van der Waals surface area contributed by atoms with Crippen molar-refractivity contribution < 1.29 is 13.5 Å². The smallest absolute Gasteiger partial charge is 0.211 e. The quantitative estimate of drug-likeness (QED) is 0.641. The fourth-order valence-electron chi connectivity index (χ4n) is 0.926. The summed E-state index contributed by atoms with van der Waals surface area (Å²) < 4.78 is 24.7. The Morgan fingerprint density at radius 1 is 1.38 bits per heavy atom. The third-order valence-electron chi connectivity index (χ3n) is 1.74. The van der Waals surface area contributed by atoms with Crippen LogP contribution in [0.3, 0.4) is 0 Å². The second kappa shape index (κ2) is 6.34. The van der Waals surface area contributed by atoms with Crippen molar-refractivity contribution in [1.82, 2.24) is 4.72 Å². The molecule has 4 nitrogen and oxygen atoms in total. The standard InChI is InChI=1S/C8H19NO3S/c1-3-7-13(11,12)9-6-5-8(10)4-2/h8-10H,3-7H2,1-2H3/t8-/m0/s1. The SMILES string of the molecule is CCCS(=O)(=O)NCC[C@@H](O)CC. The summed E-state index contributed by atoms with van der Waals surface area (Å²) in [6.07, 6.45) is 1.37. The van der Waals surface area contributed by atoms with E-state index in [9.17, 15) is 8.42 Å². The Morgan fingerprint density at radius 3 is 2.46 bits per heavy atom. The fraction of sp³-hybridized carbons (Fsp3) is 1.00. The Balaban J connectivity index is 3.64. The van der Waals surface area contributed by atoms with Crippen molar-refractivity contribution in [2.45, 2.75) is 39.2 Å². The molecule has 0 aliphatic carbocycles. The third kappa shape index (κ3) is 6.98. The van der Waals surface area contributed by atoms with E-state index in [4.69, 9.17) is 5.11 Å². The van der Waals surface area contributed by atoms with Crippen LogP contribution in [0.5, 0.6) is 0 Å². The second-order valence-corrected chi connectivity index (χ2v) is 4.99. The van der Waals surface area contributed by atoms with Gasteiger partial charge in [0.1, 0.15) is 0 Å². The molecule has 0 aliphatic heterocycles. The maximum absolute atomic E-state index is 11.1. The number of aliphatic hydroxyl groups is 1. The Kier molecular flexibility index (Phi) is 6.28. The van der Waals surface area contributed by atoms with Crippen molar-refractivity contribution in [3.8, 4) is 0 Å². The average Bonchev–Trinajstić information content (AvgIpc) is 2.03. The van der Waals surface area contributed by atoms with Gasteiger partial charge in [-0.1, -0.05) is 13.8 Å². The molecule has 0 heterocycles. The van der Waals surface area contributed by atoms with Crippen LogP contribution in [0.25, 0.3) is 0 Å². The summed E-state index contributed by atoms with van der Waals surface area (Å²) in [5.41, 5.74) is 0. The molecule has 0 rings (SSSR count). The molecule has 0 aromatic carbocycles. The highest BCUT2D eigenvalue weighted by molar-refractivity contribution is 7.89. The van der Waals surface area contributed by atoms with Gasteiger partial charge in [0.25, 0.3) is 0 Å². The van der Waals surface area contributed by atoms with Gasteiger partial charge in [-0.05, 0) is 19.3 Å². The van der Waals surface area contributed by atoms with Gasteiger partial charge >= 0.3 is 0 Å². The zero-order valence-electron chi connectivity index (χ0n) is 8.28. The van der Waals surface area contributed by atoms with Gasteiger partial charge in [-0.2, -0.15) is 0 Å². The summed E-state index contributed by atoms with van der Waals surface area (Å²) in [5.74, 6) is 0.162. The molecule has 5 heteroatoms. The summed E-state index contributed by atoms with van der Waals surface area (Å²) in [4.78, 5) is 0. The number of hydrogen-bond donors (Lipinski definition) is 2. The highest BCUT2D eigenvalue weighted by atomic mass is 32.2. The second-order valence-electron chi connectivity index (χ2n) is 3.06. The van der Waals surface area contributed by atoms with E-state index in [1.54, 1.807) is 0 Å². The zero-order valence-corrected chi connectivity index (χ0v) is 9.10. The maximum atomic E-state index is 11.1. The summed E-state index contributed by atoms with van der Waals surface area (Å²) in [5, 5.41) is 9.15. The van der Waals surface area contributed by atoms with Crippen LogP contribution in [0, 0.1) is 0 Å². The van der Waals surface area contributed by atoms with Crippen LogP contribution < -0.4 is 4.72 Å². The van der Waals surface area contributed by atoms with E-state index in [1.807, 2.05) is 13.8 Å². The molecule has 0 radical (unpaired) electrons. The third-order valence-corrected chi connectivity index (χ3v) is 3.33. The van der Waals surface area contributed by atoms with Gasteiger partial charge in [0.15, 0.2) is 0 Å². The van der Waals surface area contributed by atoms with E-state index in [0.29, 0.717) is 25.8 Å². The summed E-state index contributed by atoms with van der Waals surface area (Å²) in [7, 11) is -3.10. The molecule has 1 atom stereocenters. The van der Waals surface area contributed by atoms with Gasteiger partial charge in [-0.15, -0.1) is 0 Å². The minimum atomic E-state index is -3.10. The highest BCUT2D eigenvalue weighted by Crippen LogP contribution is 1.96. The maximum Gasteiger partial charge on any atom is 0.211 e. The van der Waals surface area contributed by atoms with Crippen molar-refractivity contribution in [1.29, 1.82) is 0 Å². The Labute approximate surface area is 80.4 Å². The van der Waals surface area contributed by atoms with E-state index in [0.717, 1.165) is 0 Å². The first kappa shape index (κ1) is 12.9. The molecule has 0 spiro atoms. The lowest BCUT2D eigenvalue weighted by molar-refractivity contribution is 0.162. The van der Waals surface area contributed by atoms with Gasteiger partial charge in [-0.25, -0.2) is 13.1 Å². The van der Waals surface area contributed by atoms with Gasteiger partial charge in [0, 0.05) is 6.54 Å². The molecule has 0 saturated heterocycles. The molecule has 2 N–H and O–H groups in total. The van der Waals surface area contributed by atoms with Crippen molar-refractivity contribution in [3.63, 3.8) is 0 Å². The molecule has 13 heavy (non-hydrogen) atoms. The number of nitrogens with one attached hydrogen (secondary N) is 1. The summed E-state index contributed by atoms with van der Waals surface area (Å²) in [6.45, 7) is 4.02. The molecule has 0 aromatic heterocycles. The van der Waals surface area contributed by atoms with E-state index in [1.165, 1.54) is 0 Å². The lowest BCUT2D eigenvalue weighted by Crippen LogP contribution is -2.29. The highest BCUT2D eigenvalue weighted by Gasteiger charge is 2.08. The van der Waals surface area contributed by atoms with Gasteiger partial charge < -0.3 is 5.11 Å². The fourth-order valence-corrected chi connectivity index (χ4v) is 2.04. The predicted octanol–water partition coefficient (Wildman–Crippen LogP) is 0.477. The number of aliphatic hydroxyl groups excluding tert-OH is 1. The Morgan fingerprint density at radius 2 is 2.00 bits per heavy atom. The van der Waals surface area contributed by atoms with Crippen molar-refractivity contribution >= 4 is 10.0 Å². The van der Waals surface area contributed by atoms with Crippen LogP contribution in [-0.2, 0) is 10.0 Å². The molecule has 0 fully saturated rings. The van der Waals surface area contributed by atoms with Crippen LogP contribution in [0.4, 0.5) is 0 Å². The van der Waals surface area contributed by atoms with Gasteiger partial charge in [0.05, 0.1) is 11.9 Å². The van der Waals surface area contributed by atoms with Crippen LogP contribution in [0.1, 0.15) is 33.1 Å². The first-order chi connectivity index (χ1) is 6.02. The predicted molar refractivity (Wildman–Crippen MR) is 53.0 cm³/mol. The molecule has 0 amide bonds. The lowest BCUT2D eigenvalue weighted by atomic mass is 10.2. The molecular weight excluding hydrogens is 190 g/mol. The van der Waals surface area contributed by atoms with Crippen molar-refractivity contribution in [2.75, 3.05) is 12.3 Å². The van der Waals surface area contributed by atoms with Gasteiger partial charge in [-0.3, -0.25) is 0 Å². The number of sulfonamides is 1. The van der Waals surface area contributed by atoms with Crippen molar-refractivity contribution in [3.05, 3.63) is 0 Å². The lowest BCUT2D eigenvalue weighted by Gasteiger charge is -2.08. The largest absolute Gasteiger partial charge is 0.393 e. The van der Waals surface area contributed by atoms with Crippen LogP contribution in [0.2, 0.25) is 0 Å². The molecular formula is C8H19NO3S. The topological polar surface area (TPSA) is 66.4 Å². The molecule has 0 saturated carbocycles. The van der Waals surface area contributed by atoms with E-state index >= 15 is 0 Å². The zero-order chi connectivity index (χ0) is 10.3. The molecule has 80 valence electrons. The van der Waals surface area contributed by atoms with Crippen LogP contribution in [0.15, 0.2) is 0 Å². The van der Waals surface area contributed by atoms with E-state index in [2.05, 4.69) is 4.72 Å². The first-order valence-electron chi connectivity index (χ1n) is 4.67. The Bertz CT molecular complexity index is 213. The molecule has 0 aromatic rings. The molecule has 0 bridgehead atoms. The summed E-state index contributed by atoms with van der Waals surface area (Å²) in [6, 6.07) is 0. The first-order valence-corrected chi connectivity index (χ1v) is 6.32. The van der Waals surface area contributed by atoms with Crippen molar-refractivity contribution in [2.24, 2.45) is 0 Å². The monoisotopic (exact) mass is 209 g/mol. The minimum absolute atomic E-state index is 0.162. The summed E-state index contributed by atoms with van der Waals surface area (Å²) >= 11 is 0.